The first-order valence-corrected chi connectivity index (χ1v) is 5.77. The number of ether oxygens (including phenoxy) is 1. The lowest BCUT2D eigenvalue weighted by Crippen LogP contribution is -2.04. The second-order valence-electron chi connectivity index (χ2n) is 4.34. The predicted molar refractivity (Wildman–Crippen MR) is 68.7 cm³/mol. The number of aromatic nitrogens is 2. The van der Waals surface area contributed by atoms with Crippen molar-refractivity contribution in [3.05, 3.63) is 47.5 Å². The Morgan fingerprint density at radius 3 is 2.83 bits per heavy atom. The number of aryl methyl sites for hydroxylation is 2. The van der Waals surface area contributed by atoms with Crippen molar-refractivity contribution in [3.63, 3.8) is 0 Å². The Kier molecular flexibility index (Phi) is 3.46. The molecule has 4 heteroatoms. The lowest BCUT2D eigenvalue weighted by atomic mass is 10.1. The van der Waals surface area contributed by atoms with E-state index in [0.717, 1.165) is 11.3 Å². The summed E-state index contributed by atoms with van der Waals surface area (Å²) < 4.78 is 7.61. The molecule has 0 amide bonds. The lowest BCUT2D eigenvalue weighted by molar-refractivity contribution is 0.101. The van der Waals surface area contributed by atoms with Gasteiger partial charge in [-0.1, -0.05) is 6.07 Å². The van der Waals surface area contributed by atoms with Crippen molar-refractivity contribution in [2.24, 2.45) is 7.05 Å². The van der Waals surface area contributed by atoms with Crippen LogP contribution in [0.25, 0.3) is 0 Å². The fraction of sp³-hybridized carbons (Fsp3) is 0.286. The summed E-state index contributed by atoms with van der Waals surface area (Å²) >= 11 is 0. The topological polar surface area (TPSA) is 44.1 Å². The summed E-state index contributed by atoms with van der Waals surface area (Å²) in [5, 5.41) is 0. The van der Waals surface area contributed by atoms with Crippen LogP contribution in [-0.2, 0) is 13.7 Å². The van der Waals surface area contributed by atoms with Gasteiger partial charge in [-0.05, 0) is 31.5 Å². The number of rotatable bonds is 4. The van der Waals surface area contributed by atoms with Gasteiger partial charge in [0.2, 0.25) is 0 Å². The Bertz CT molecular complexity index is 573. The van der Waals surface area contributed by atoms with Crippen LogP contribution in [0.4, 0.5) is 0 Å². The third-order valence-corrected chi connectivity index (χ3v) is 2.81. The molecule has 0 radical (unpaired) electrons. The van der Waals surface area contributed by atoms with Crippen LogP contribution in [0.2, 0.25) is 0 Å². The van der Waals surface area contributed by atoms with Crippen LogP contribution >= 0.6 is 0 Å². The van der Waals surface area contributed by atoms with Gasteiger partial charge in [0.15, 0.2) is 5.78 Å². The molecule has 0 aliphatic heterocycles. The molecule has 2 aromatic rings. The first-order valence-electron chi connectivity index (χ1n) is 5.77. The van der Waals surface area contributed by atoms with E-state index in [4.69, 9.17) is 4.74 Å². The zero-order valence-corrected chi connectivity index (χ0v) is 10.8. The van der Waals surface area contributed by atoms with E-state index in [9.17, 15) is 4.79 Å². The molecule has 0 saturated carbocycles. The highest BCUT2D eigenvalue weighted by Gasteiger charge is 2.09. The molecule has 18 heavy (non-hydrogen) atoms. The molecule has 2 rings (SSSR count). The van der Waals surface area contributed by atoms with Gasteiger partial charge in [-0.2, -0.15) is 0 Å². The van der Waals surface area contributed by atoms with Gasteiger partial charge in [0.05, 0.1) is 23.8 Å². The first kappa shape index (κ1) is 12.4. The van der Waals surface area contributed by atoms with Crippen LogP contribution < -0.4 is 4.74 Å². The van der Waals surface area contributed by atoms with Gasteiger partial charge in [-0.3, -0.25) is 4.79 Å². The van der Waals surface area contributed by atoms with Crippen molar-refractivity contribution in [2.75, 3.05) is 0 Å². The smallest absolute Gasteiger partial charge is 0.163 e. The molecule has 0 aliphatic carbocycles. The maximum atomic E-state index is 11.5. The number of nitrogens with zero attached hydrogens (tertiary/aromatic N) is 2. The quantitative estimate of drug-likeness (QED) is 0.776. The molecule has 0 N–H and O–H groups in total. The zero-order chi connectivity index (χ0) is 13.1. The summed E-state index contributed by atoms with van der Waals surface area (Å²) in [5.41, 5.74) is 2.65. The van der Waals surface area contributed by atoms with Crippen LogP contribution in [-0.4, -0.2) is 15.3 Å². The number of carbonyl (C=O) groups excluding carboxylic acids is 1. The first-order chi connectivity index (χ1) is 8.58. The molecule has 0 unspecified atom stereocenters. The number of imidazole rings is 1. The van der Waals surface area contributed by atoms with Gasteiger partial charge in [0.25, 0.3) is 0 Å². The Morgan fingerprint density at radius 2 is 2.22 bits per heavy atom. The van der Waals surface area contributed by atoms with Gasteiger partial charge in [0, 0.05) is 7.05 Å². The molecule has 0 spiro atoms. The van der Waals surface area contributed by atoms with E-state index < -0.39 is 0 Å². The minimum Gasteiger partial charge on any atom is -0.487 e. The SMILES string of the molecule is CC(=O)c1ccc(C)cc1OCc1cncn1C. The molecule has 1 aromatic heterocycles. The summed E-state index contributed by atoms with van der Waals surface area (Å²) in [7, 11) is 1.91. The summed E-state index contributed by atoms with van der Waals surface area (Å²) in [6.07, 6.45) is 3.48. The minimum absolute atomic E-state index is 0.00926. The van der Waals surface area contributed by atoms with E-state index in [1.165, 1.54) is 0 Å². The maximum Gasteiger partial charge on any atom is 0.163 e. The van der Waals surface area contributed by atoms with E-state index >= 15 is 0 Å². The molecule has 0 fully saturated rings. The average Bonchev–Trinajstić information content (AvgIpc) is 2.72. The maximum absolute atomic E-state index is 11.5. The molecule has 0 atom stereocenters. The van der Waals surface area contributed by atoms with Gasteiger partial charge in [-0.25, -0.2) is 4.98 Å². The highest BCUT2D eigenvalue weighted by Crippen LogP contribution is 2.21. The Hall–Kier alpha value is -2.10. The van der Waals surface area contributed by atoms with Crippen LogP contribution in [0.3, 0.4) is 0 Å². The highest BCUT2D eigenvalue weighted by molar-refractivity contribution is 5.96. The lowest BCUT2D eigenvalue weighted by Gasteiger charge is -2.10. The molecule has 4 nitrogen and oxygen atoms in total. The van der Waals surface area contributed by atoms with Crippen molar-refractivity contribution < 1.29 is 9.53 Å². The Balaban J connectivity index is 2.20. The number of ketones is 1. The van der Waals surface area contributed by atoms with Crippen molar-refractivity contribution in [3.8, 4) is 5.75 Å². The van der Waals surface area contributed by atoms with Crippen LogP contribution in [0.5, 0.6) is 5.75 Å². The normalized spacial score (nSPS) is 10.4. The average molecular weight is 244 g/mol. The van der Waals surface area contributed by atoms with Crippen molar-refractivity contribution in [2.45, 2.75) is 20.5 Å². The fourth-order valence-corrected chi connectivity index (χ4v) is 1.72. The molecule has 0 bridgehead atoms. The van der Waals surface area contributed by atoms with E-state index in [0.29, 0.717) is 17.9 Å². The number of benzene rings is 1. The van der Waals surface area contributed by atoms with Crippen molar-refractivity contribution >= 4 is 5.78 Å². The van der Waals surface area contributed by atoms with Crippen LogP contribution in [0, 0.1) is 6.92 Å². The van der Waals surface area contributed by atoms with Crippen molar-refractivity contribution in [1.29, 1.82) is 0 Å². The predicted octanol–water partition coefficient (Wildman–Crippen LogP) is 2.51. The number of carbonyl (C=O) groups is 1. The van der Waals surface area contributed by atoms with Gasteiger partial charge >= 0.3 is 0 Å². The molecule has 1 heterocycles. The molecule has 0 saturated heterocycles. The number of hydrogen-bond acceptors (Lipinski definition) is 3. The van der Waals surface area contributed by atoms with Crippen molar-refractivity contribution in [1.82, 2.24) is 9.55 Å². The molecule has 0 aliphatic rings. The summed E-state index contributed by atoms with van der Waals surface area (Å²) in [6.45, 7) is 3.92. The second kappa shape index (κ2) is 5.04. The third kappa shape index (κ3) is 2.59. The molecule has 94 valence electrons. The zero-order valence-electron chi connectivity index (χ0n) is 10.8. The molecular formula is C14H16N2O2. The fourth-order valence-electron chi connectivity index (χ4n) is 1.72. The standard InChI is InChI=1S/C14H16N2O2/c1-10-4-5-13(11(2)17)14(6-10)18-8-12-7-15-9-16(12)3/h4-7,9H,8H2,1-3H3. The van der Waals surface area contributed by atoms with Gasteiger partial charge < -0.3 is 9.30 Å². The summed E-state index contributed by atoms with van der Waals surface area (Å²) in [5.74, 6) is 0.638. The second-order valence-corrected chi connectivity index (χ2v) is 4.34. The monoisotopic (exact) mass is 244 g/mol. The van der Waals surface area contributed by atoms with E-state index in [-0.39, 0.29) is 5.78 Å². The molecule has 1 aromatic carbocycles. The number of Topliss-reactive ketones (excluding diaryl/α,β-unsaturated/α-hetero) is 1. The van der Waals surface area contributed by atoms with E-state index in [2.05, 4.69) is 4.98 Å². The van der Waals surface area contributed by atoms with Crippen LogP contribution in [0.15, 0.2) is 30.7 Å². The van der Waals surface area contributed by atoms with E-state index in [1.54, 1.807) is 25.5 Å². The van der Waals surface area contributed by atoms with Gasteiger partial charge in [-0.15, -0.1) is 0 Å². The Morgan fingerprint density at radius 1 is 1.44 bits per heavy atom. The number of hydrogen-bond donors (Lipinski definition) is 0. The summed E-state index contributed by atoms with van der Waals surface area (Å²) in [4.78, 5) is 15.5. The summed E-state index contributed by atoms with van der Waals surface area (Å²) in [6, 6.07) is 5.59. The van der Waals surface area contributed by atoms with E-state index in [1.807, 2.05) is 30.7 Å². The minimum atomic E-state index is 0.00926. The highest BCUT2D eigenvalue weighted by atomic mass is 16.5. The van der Waals surface area contributed by atoms with Crippen LogP contribution in [0.1, 0.15) is 28.5 Å². The molecular weight excluding hydrogens is 228 g/mol. The Labute approximate surface area is 106 Å². The third-order valence-electron chi connectivity index (χ3n) is 2.81. The van der Waals surface area contributed by atoms with Gasteiger partial charge in [0.1, 0.15) is 12.4 Å². The largest absolute Gasteiger partial charge is 0.487 e.